The largest absolute Gasteiger partial charge is 0.457 e. The van der Waals surface area contributed by atoms with Gasteiger partial charge in [0.15, 0.2) is 0 Å². The van der Waals surface area contributed by atoms with Crippen LogP contribution in [0.5, 0.6) is 23.0 Å². The van der Waals surface area contributed by atoms with Crippen LogP contribution in [-0.2, 0) is 10.8 Å². The predicted octanol–water partition coefficient (Wildman–Crippen LogP) is 20.6. The summed E-state index contributed by atoms with van der Waals surface area (Å²) < 4.78 is 14.1. The molecule has 0 fully saturated rings. The summed E-state index contributed by atoms with van der Waals surface area (Å²) in [6.07, 6.45) is 0. The molecule has 2 aliphatic heterocycles. The Bertz CT molecular complexity index is 4730. The van der Waals surface area contributed by atoms with Crippen molar-refractivity contribution in [2.75, 3.05) is 0 Å². The fraction of sp³-hybridized carbons (Fsp3) is 0.0380. The van der Waals surface area contributed by atoms with Gasteiger partial charge in [0.05, 0.1) is 10.8 Å². The molecule has 0 N–H and O–H groups in total. The minimum absolute atomic E-state index is 0.677. The second-order valence-corrected chi connectivity index (χ2v) is 21.8. The van der Waals surface area contributed by atoms with Gasteiger partial charge in [0.25, 0.3) is 0 Å². The molecule has 2 nitrogen and oxygen atoms in total. The van der Waals surface area contributed by atoms with Gasteiger partial charge in [-0.15, -0.1) is 0 Å². The van der Waals surface area contributed by atoms with Crippen LogP contribution in [0.1, 0.15) is 50.1 Å². The lowest BCUT2D eigenvalue weighted by Gasteiger charge is -2.42. The second kappa shape index (κ2) is 18.4. The van der Waals surface area contributed by atoms with E-state index in [2.05, 4.69) is 304 Å². The van der Waals surface area contributed by atoms with Gasteiger partial charge >= 0.3 is 0 Å². The van der Waals surface area contributed by atoms with Crippen molar-refractivity contribution in [3.8, 4) is 56.4 Å². The third kappa shape index (κ3) is 7.00. The van der Waals surface area contributed by atoms with Crippen LogP contribution in [0.15, 0.2) is 297 Å². The van der Waals surface area contributed by atoms with Crippen molar-refractivity contribution in [2.45, 2.75) is 17.8 Å². The topological polar surface area (TPSA) is 18.5 Å². The maximum Gasteiger partial charge on any atom is 0.132 e. The molecule has 0 aromatic heterocycles. The molecule has 2 aliphatic rings. The Hall–Kier alpha value is -10.3. The maximum absolute atomic E-state index is 7.11. The van der Waals surface area contributed by atoms with Gasteiger partial charge in [0.1, 0.15) is 23.0 Å². The smallest absolute Gasteiger partial charge is 0.132 e. The first kappa shape index (κ1) is 46.8. The Kier molecular flexibility index (Phi) is 10.6. The highest BCUT2D eigenvalue weighted by Gasteiger charge is 2.48. The lowest BCUT2D eigenvalue weighted by atomic mass is 9.62. The van der Waals surface area contributed by atoms with Crippen LogP contribution >= 0.6 is 0 Å². The molecule has 16 rings (SSSR count). The standard InChI is InChI=1S/C79H52O2/c1-51-22-18-23-53-46-56-47-55(43-42-52(56)48-66(51)53)76-63-34-19-32-61(54-44-45-74-71(49-54)78(57-24-6-2-7-25-57,58-26-8-3-9-27-58)69-37-14-16-39-72(69)80-74)67(63)50-68-62(33-20-35-64(68)76)65-36-21-41-75-77(65)79(59-28-10-4-11-29-59,60-30-12-5-13-31-60)70-38-15-17-40-73(70)81-75/h2-50H,1H3. The molecule has 0 saturated carbocycles. The third-order valence-corrected chi connectivity index (χ3v) is 17.6. The van der Waals surface area contributed by atoms with Crippen LogP contribution in [0.2, 0.25) is 0 Å². The molecule has 2 heterocycles. The highest BCUT2D eigenvalue weighted by molar-refractivity contribution is 6.20. The lowest BCUT2D eigenvalue weighted by Crippen LogP contribution is -2.34. The zero-order valence-corrected chi connectivity index (χ0v) is 44.6. The van der Waals surface area contributed by atoms with E-state index in [4.69, 9.17) is 9.47 Å². The SMILES string of the molecule is Cc1cccc2cc3cc(-c4c5cccc(-c6ccc7c(c6)C(c6ccccc6)(c6ccccc6)c6ccccc6O7)c5cc5c(-c6cccc7c6C(c6ccccc6)(c6ccccc6)c6ccccc6O7)cccc45)ccc3cc12. The van der Waals surface area contributed by atoms with Gasteiger partial charge in [-0.25, -0.2) is 0 Å². The fourth-order valence-corrected chi connectivity index (χ4v) is 14.2. The van der Waals surface area contributed by atoms with Crippen molar-refractivity contribution < 1.29 is 9.47 Å². The van der Waals surface area contributed by atoms with Gasteiger partial charge in [0.2, 0.25) is 0 Å². The molecule has 0 radical (unpaired) electrons. The van der Waals surface area contributed by atoms with Gasteiger partial charge in [-0.2, -0.15) is 0 Å². The number of ether oxygens (including phenoxy) is 2. The van der Waals surface area contributed by atoms with Crippen molar-refractivity contribution in [3.63, 3.8) is 0 Å². The molecular weight excluding hydrogens is 981 g/mol. The van der Waals surface area contributed by atoms with Crippen LogP contribution in [0, 0.1) is 6.92 Å². The summed E-state index contributed by atoms with van der Waals surface area (Å²) >= 11 is 0. The van der Waals surface area contributed by atoms with E-state index in [0.717, 1.165) is 83.8 Å². The number of rotatable bonds is 7. The van der Waals surface area contributed by atoms with E-state index in [1.165, 1.54) is 65.7 Å². The van der Waals surface area contributed by atoms with Crippen molar-refractivity contribution in [3.05, 3.63) is 347 Å². The van der Waals surface area contributed by atoms with E-state index >= 15 is 0 Å². The molecule has 14 aromatic carbocycles. The van der Waals surface area contributed by atoms with E-state index in [9.17, 15) is 0 Å². The monoisotopic (exact) mass is 1030 g/mol. The normalized spacial score (nSPS) is 13.6. The maximum atomic E-state index is 7.11. The molecule has 0 aliphatic carbocycles. The van der Waals surface area contributed by atoms with Crippen molar-refractivity contribution in [2.24, 2.45) is 0 Å². The number of benzene rings is 14. The minimum atomic E-state index is -0.733. The Labute approximate surface area is 471 Å². The molecule has 0 saturated heterocycles. The van der Waals surface area contributed by atoms with E-state index in [1.54, 1.807) is 0 Å². The molecule has 0 spiro atoms. The number of para-hydroxylation sites is 2. The van der Waals surface area contributed by atoms with Crippen LogP contribution in [-0.4, -0.2) is 0 Å². The molecule has 0 atom stereocenters. The Morgan fingerprint density at radius 3 is 1.41 bits per heavy atom. The van der Waals surface area contributed by atoms with Gasteiger partial charge in [-0.1, -0.05) is 243 Å². The Balaban J connectivity index is 1.01. The quantitative estimate of drug-likeness (QED) is 0.148. The molecule has 0 amide bonds. The van der Waals surface area contributed by atoms with Crippen LogP contribution in [0.3, 0.4) is 0 Å². The van der Waals surface area contributed by atoms with Crippen LogP contribution in [0.4, 0.5) is 0 Å². The minimum Gasteiger partial charge on any atom is -0.457 e. The van der Waals surface area contributed by atoms with Crippen LogP contribution < -0.4 is 9.47 Å². The summed E-state index contributed by atoms with van der Waals surface area (Å²) in [6.45, 7) is 2.20. The van der Waals surface area contributed by atoms with E-state index < -0.39 is 10.8 Å². The molecule has 14 aromatic rings. The lowest BCUT2D eigenvalue weighted by molar-refractivity contribution is 0.434. The average molecular weight is 1030 g/mol. The number of aryl methyl sites for hydroxylation is 1. The molecule has 0 unspecified atom stereocenters. The summed E-state index contributed by atoms with van der Waals surface area (Å²) in [5, 5.41) is 9.62. The average Bonchev–Trinajstić information content (AvgIpc) is 2.81. The molecule has 380 valence electrons. The third-order valence-electron chi connectivity index (χ3n) is 17.6. The highest BCUT2D eigenvalue weighted by Crippen LogP contribution is 2.60. The van der Waals surface area contributed by atoms with Gasteiger partial charge < -0.3 is 9.47 Å². The zero-order chi connectivity index (χ0) is 53.7. The van der Waals surface area contributed by atoms with Crippen molar-refractivity contribution >= 4 is 43.1 Å². The Morgan fingerprint density at radius 2 is 0.753 bits per heavy atom. The highest BCUT2D eigenvalue weighted by atomic mass is 16.5. The summed E-state index contributed by atoms with van der Waals surface area (Å²) in [5.74, 6) is 3.40. The van der Waals surface area contributed by atoms with Gasteiger partial charge in [-0.3, -0.25) is 0 Å². The first-order valence-corrected chi connectivity index (χ1v) is 28.0. The molecule has 0 bridgehead atoms. The van der Waals surface area contributed by atoms with Gasteiger partial charge in [0, 0.05) is 22.3 Å². The number of hydrogen-bond donors (Lipinski definition) is 0. The van der Waals surface area contributed by atoms with E-state index in [0.29, 0.717) is 0 Å². The van der Waals surface area contributed by atoms with Crippen molar-refractivity contribution in [1.82, 2.24) is 0 Å². The second-order valence-electron chi connectivity index (χ2n) is 21.8. The van der Waals surface area contributed by atoms with E-state index in [1.807, 2.05) is 0 Å². The summed E-state index contributed by atoms with van der Waals surface area (Å²) in [4.78, 5) is 0. The number of fused-ring (bicyclic) bond motifs is 8. The summed E-state index contributed by atoms with van der Waals surface area (Å²) in [5.41, 5.74) is 15.9. The number of hydrogen-bond acceptors (Lipinski definition) is 2. The van der Waals surface area contributed by atoms with Crippen LogP contribution in [0.25, 0.3) is 76.5 Å². The molecule has 81 heavy (non-hydrogen) atoms. The molecular formula is C79H52O2. The zero-order valence-electron chi connectivity index (χ0n) is 44.6. The summed E-state index contributed by atoms with van der Waals surface area (Å²) in [6, 6.07) is 109. The fourth-order valence-electron chi connectivity index (χ4n) is 14.2. The molecule has 2 heteroatoms. The Morgan fingerprint density at radius 1 is 0.259 bits per heavy atom. The predicted molar refractivity (Wildman–Crippen MR) is 334 cm³/mol. The van der Waals surface area contributed by atoms with Gasteiger partial charge in [-0.05, 0) is 166 Å². The summed E-state index contributed by atoms with van der Waals surface area (Å²) in [7, 11) is 0. The first-order chi connectivity index (χ1) is 40.1. The first-order valence-electron chi connectivity index (χ1n) is 28.0. The van der Waals surface area contributed by atoms with Crippen molar-refractivity contribution in [1.29, 1.82) is 0 Å². The van der Waals surface area contributed by atoms with E-state index in [-0.39, 0.29) is 0 Å².